The third-order valence-corrected chi connectivity index (χ3v) is 16.4. The molecule has 9 aromatic carbocycles. The Morgan fingerprint density at radius 3 is 1.71 bits per heavy atom. The molecular weight excluding hydrogens is 869 g/mol. The van der Waals surface area contributed by atoms with Crippen molar-refractivity contribution in [2.24, 2.45) is 0 Å². The van der Waals surface area contributed by atoms with Crippen molar-refractivity contribution in [1.29, 1.82) is 0 Å². The van der Waals surface area contributed by atoms with Gasteiger partial charge in [-0.3, -0.25) is 0 Å². The van der Waals surface area contributed by atoms with E-state index in [1.54, 1.807) is 0 Å². The van der Waals surface area contributed by atoms with Gasteiger partial charge in [0, 0.05) is 38.9 Å². The highest BCUT2D eigenvalue weighted by Gasteiger charge is 2.48. The van der Waals surface area contributed by atoms with Gasteiger partial charge in [-0.1, -0.05) is 190 Å². The van der Waals surface area contributed by atoms with Crippen LogP contribution >= 0.6 is 0 Å². The van der Waals surface area contributed by atoms with Crippen molar-refractivity contribution >= 4 is 44.4 Å². The maximum Gasteiger partial charge on any atom is 0.0707 e. The summed E-state index contributed by atoms with van der Waals surface area (Å²) in [6.45, 7) is 4.74. The van der Waals surface area contributed by atoms with Gasteiger partial charge in [-0.05, 0) is 170 Å². The second kappa shape index (κ2) is 16.6. The highest BCUT2D eigenvalue weighted by molar-refractivity contribution is 6.09. The fourth-order valence-electron chi connectivity index (χ4n) is 13.0. The van der Waals surface area contributed by atoms with Gasteiger partial charge >= 0.3 is 0 Å². The molecule has 0 saturated heterocycles. The molecule has 2 heteroatoms. The van der Waals surface area contributed by atoms with Gasteiger partial charge in [0.05, 0.1) is 16.4 Å². The van der Waals surface area contributed by atoms with Crippen LogP contribution in [0.15, 0.2) is 254 Å². The summed E-state index contributed by atoms with van der Waals surface area (Å²) in [7, 11) is 0. The molecule has 10 aromatic rings. The minimum absolute atomic E-state index is 0.119. The molecule has 0 bridgehead atoms. The largest absolute Gasteiger partial charge is 0.310 e. The Hall–Kier alpha value is -8.46. The molecule has 0 fully saturated rings. The third-order valence-electron chi connectivity index (χ3n) is 16.4. The van der Waals surface area contributed by atoms with Crippen molar-refractivity contribution in [3.05, 3.63) is 282 Å². The molecule has 4 aliphatic rings. The zero-order valence-electron chi connectivity index (χ0n) is 40.8. The average molecular weight is 923 g/mol. The quantitative estimate of drug-likeness (QED) is 0.147. The van der Waals surface area contributed by atoms with Crippen LogP contribution in [-0.2, 0) is 10.8 Å². The van der Waals surface area contributed by atoms with Crippen molar-refractivity contribution in [1.82, 2.24) is 4.57 Å². The predicted molar refractivity (Wildman–Crippen MR) is 303 cm³/mol. The fourth-order valence-corrected chi connectivity index (χ4v) is 13.0. The molecule has 4 aliphatic carbocycles. The highest BCUT2D eigenvalue weighted by Crippen LogP contribution is 2.59. The maximum absolute atomic E-state index is 2.49. The summed E-state index contributed by atoms with van der Waals surface area (Å²) in [5.74, 6) is 0. The molecular formula is C70H54N2. The fraction of sp³-hybridized carbons (Fsp3) is 0.114. The molecule has 0 saturated carbocycles. The van der Waals surface area contributed by atoms with E-state index in [1.807, 2.05) is 0 Å². The first-order valence-electron chi connectivity index (χ1n) is 25.8. The number of anilines is 3. The summed E-state index contributed by atoms with van der Waals surface area (Å²) in [6, 6.07) is 79.4. The lowest BCUT2D eigenvalue weighted by atomic mass is 9.65. The topological polar surface area (TPSA) is 8.17 Å². The molecule has 1 aromatic heterocycles. The van der Waals surface area contributed by atoms with Gasteiger partial charge in [-0.25, -0.2) is 0 Å². The standard InChI is InChI=1S/C70H54N2/c1-69(2)63-25-13-9-21-57(63)59-43-42-56(46-66(59)69)71(53-36-29-47(30-37-53)48-31-40-55(41-32-48)72-67-27-15-11-23-60(67)61-24-12-16-28-68(61)72)54-38-33-49(34-39-54)50-35-44-65-62(45-50)58-22-10-14-26-64(58)70(65,51-17-5-3-6-18-51)52-19-7-4-8-20-52/h3,5-7,9,11-21,23-46H,4,8,10,22H2,1-2H3. The minimum atomic E-state index is -0.319. The number of rotatable bonds is 8. The zero-order valence-corrected chi connectivity index (χ0v) is 40.8. The molecule has 14 rings (SSSR count). The molecule has 72 heavy (non-hydrogen) atoms. The molecule has 1 heterocycles. The molecule has 1 unspecified atom stereocenters. The van der Waals surface area contributed by atoms with Gasteiger partial charge in [-0.15, -0.1) is 0 Å². The summed E-state index contributed by atoms with van der Waals surface area (Å²) >= 11 is 0. The van der Waals surface area contributed by atoms with Crippen molar-refractivity contribution in [2.45, 2.75) is 50.4 Å². The summed E-state index contributed by atoms with van der Waals surface area (Å²) in [5.41, 5.74) is 25.3. The summed E-state index contributed by atoms with van der Waals surface area (Å²) < 4.78 is 2.38. The zero-order chi connectivity index (χ0) is 48.0. The monoisotopic (exact) mass is 922 g/mol. The lowest BCUT2D eigenvalue weighted by Crippen LogP contribution is -2.30. The Kier molecular flexibility index (Phi) is 9.77. The van der Waals surface area contributed by atoms with Crippen molar-refractivity contribution in [2.75, 3.05) is 4.90 Å². The molecule has 344 valence electrons. The van der Waals surface area contributed by atoms with Crippen molar-refractivity contribution in [3.63, 3.8) is 0 Å². The number of benzene rings is 9. The van der Waals surface area contributed by atoms with E-state index < -0.39 is 0 Å². The van der Waals surface area contributed by atoms with E-state index in [-0.39, 0.29) is 10.8 Å². The van der Waals surface area contributed by atoms with E-state index in [4.69, 9.17) is 0 Å². The lowest BCUT2D eigenvalue weighted by Gasteiger charge is -2.37. The first kappa shape index (κ1) is 42.4. The lowest BCUT2D eigenvalue weighted by molar-refractivity contribution is 0.660. The van der Waals surface area contributed by atoms with Crippen LogP contribution in [-0.4, -0.2) is 4.57 Å². The Morgan fingerprint density at radius 2 is 1.01 bits per heavy atom. The second-order valence-corrected chi connectivity index (χ2v) is 20.6. The van der Waals surface area contributed by atoms with Gasteiger partial charge in [0.25, 0.3) is 0 Å². The van der Waals surface area contributed by atoms with Crippen LogP contribution in [0.4, 0.5) is 17.1 Å². The Morgan fingerprint density at radius 1 is 0.431 bits per heavy atom. The van der Waals surface area contributed by atoms with E-state index in [2.05, 4.69) is 266 Å². The van der Waals surface area contributed by atoms with Crippen LogP contribution in [0.25, 0.3) is 66.4 Å². The number of allylic oxidation sites excluding steroid dienone is 8. The molecule has 0 radical (unpaired) electrons. The Labute approximate surface area is 422 Å². The van der Waals surface area contributed by atoms with Crippen LogP contribution in [0, 0.1) is 0 Å². The Bertz CT molecular complexity index is 3860. The third kappa shape index (κ3) is 6.41. The first-order valence-corrected chi connectivity index (χ1v) is 25.8. The molecule has 0 N–H and O–H groups in total. The van der Waals surface area contributed by atoms with Crippen LogP contribution in [0.1, 0.15) is 67.3 Å². The van der Waals surface area contributed by atoms with Crippen LogP contribution in [0.5, 0.6) is 0 Å². The van der Waals surface area contributed by atoms with Gasteiger partial charge in [0.1, 0.15) is 0 Å². The number of fused-ring (bicyclic) bond motifs is 8. The molecule has 2 nitrogen and oxygen atoms in total. The van der Waals surface area contributed by atoms with E-state index in [0.29, 0.717) is 0 Å². The molecule has 1 atom stereocenters. The summed E-state index contributed by atoms with van der Waals surface area (Å²) in [4.78, 5) is 2.44. The van der Waals surface area contributed by atoms with E-state index in [1.165, 1.54) is 99.7 Å². The highest BCUT2D eigenvalue weighted by atomic mass is 15.1. The van der Waals surface area contributed by atoms with Crippen molar-refractivity contribution in [3.8, 4) is 39.1 Å². The van der Waals surface area contributed by atoms with Gasteiger partial charge in [-0.2, -0.15) is 0 Å². The average Bonchev–Trinajstić information content (AvgIpc) is 4.03. The second-order valence-electron chi connectivity index (χ2n) is 20.6. The first-order chi connectivity index (χ1) is 35.5. The molecule has 0 amide bonds. The van der Waals surface area contributed by atoms with Gasteiger partial charge < -0.3 is 9.47 Å². The maximum atomic E-state index is 2.49. The van der Waals surface area contributed by atoms with E-state index >= 15 is 0 Å². The summed E-state index contributed by atoms with van der Waals surface area (Å²) in [6.07, 6.45) is 16.4. The predicted octanol–water partition coefficient (Wildman–Crippen LogP) is 18.6. The smallest absolute Gasteiger partial charge is 0.0707 e. The number of para-hydroxylation sites is 2. The molecule has 0 spiro atoms. The van der Waals surface area contributed by atoms with E-state index in [9.17, 15) is 0 Å². The van der Waals surface area contributed by atoms with Crippen LogP contribution in [0.2, 0.25) is 0 Å². The normalized spacial score (nSPS) is 17.2. The number of aromatic nitrogens is 1. The SMILES string of the molecule is CC1(C)c2ccccc2-c2ccc(N(c3ccc(-c4ccc(-n5c6ccccc6c6ccccc65)cc4)cc3)c3ccc(-c4ccc5c(c4)C4=C(C=CCC4)C5(C4=CCCC=C4)c4ccccc4)cc3)cc21. The number of nitrogens with zero attached hydrogens (tertiary/aromatic N) is 2. The summed E-state index contributed by atoms with van der Waals surface area (Å²) in [5, 5.41) is 2.55. The van der Waals surface area contributed by atoms with E-state index in [0.717, 1.165) is 48.4 Å². The van der Waals surface area contributed by atoms with Crippen LogP contribution in [0.3, 0.4) is 0 Å². The minimum Gasteiger partial charge on any atom is -0.310 e. The van der Waals surface area contributed by atoms with Gasteiger partial charge in [0.15, 0.2) is 0 Å². The molecule has 0 aliphatic heterocycles. The number of hydrogen-bond acceptors (Lipinski definition) is 1. The van der Waals surface area contributed by atoms with Gasteiger partial charge in [0.2, 0.25) is 0 Å². The van der Waals surface area contributed by atoms with Crippen molar-refractivity contribution < 1.29 is 0 Å². The van der Waals surface area contributed by atoms with Crippen LogP contribution < -0.4 is 4.90 Å². The Balaban J connectivity index is 0.838. The number of hydrogen-bond donors (Lipinski definition) is 0.